The van der Waals surface area contributed by atoms with Crippen LogP contribution in [0.1, 0.15) is 53.0 Å². The van der Waals surface area contributed by atoms with E-state index in [0.29, 0.717) is 12.8 Å². The van der Waals surface area contributed by atoms with Gasteiger partial charge in [-0.15, -0.1) is 0 Å². The largest absolute Gasteiger partial charge is 0.351 e. The van der Waals surface area contributed by atoms with Gasteiger partial charge in [0.25, 0.3) is 0 Å². The fourth-order valence-electron chi connectivity index (χ4n) is 2.76. The van der Waals surface area contributed by atoms with E-state index in [-0.39, 0.29) is 22.7 Å². The predicted molar refractivity (Wildman–Crippen MR) is 81.0 cm³/mol. The molecule has 0 saturated heterocycles. The number of hydrogen-bond acceptors (Lipinski definition) is 1. The Morgan fingerprint density at radius 1 is 1.20 bits per heavy atom. The van der Waals surface area contributed by atoms with Gasteiger partial charge in [0.15, 0.2) is 0 Å². The first-order valence-corrected chi connectivity index (χ1v) is 7.13. The molecule has 0 bridgehead atoms. The molecule has 0 aliphatic rings. The highest BCUT2D eigenvalue weighted by molar-refractivity contribution is 5.76. The van der Waals surface area contributed by atoms with Crippen LogP contribution in [0.4, 0.5) is 4.39 Å². The van der Waals surface area contributed by atoms with Gasteiger partial charge in [-0.1, -0.05) is 32.9 Å². The number of aryl methyl sites for hydroxylation is 1. The van der Waals surface area contributed by atoms with E-state index in [1.54, 1.807) is 6.07 Å². The Balaban J connectivity index is 2.47. The van der Waals surface area contributed by atoms with Crippen molar-refractivity contribution in [2.45, 2.75) is 59.4 Å². The molecule has 3 heteroatoms. The van der Waals surface area contributed by atoms with Crippen LogP contribution >= 0.6 is 0 Å². The van der Waals surface area contributed by atoms with Crippen molar-refractivity contribution in [2.75, 3.05) is 0 Å². The Bertz CT molecular complexity index is 460. The molecule has 112 valence electrons. The molecule has 1 N–H and O–H groups in total. The molecule has 0 aromatic heterocycles. The Kier molecular flexibility index (Phi) is 5.32. The van der Waals surface area contributed by atoms with Gasteiger partial charge in [-0.05, 0) is 49.8 Å². The van der Waals surface area contributed by atoms with Crippen molar-refractivity contribution >= 4 is 5.91 Å². The normalized spacial score (nSPS) is 12.3. The second kappa shape index (κ2) is 6.38. The Hall–Kier alpha value is -1.38. The number of carbonyl (C=O) groups is 1. The summed E-state index contributed by atoms with van der Waals surface area (Å²) in [7, 11) is 0. The summed E-state index contributed by atoms with van der Waals surface area (Å²) in [6.07, 6.45) is 1.86. The smallest absolute Gasteiger partial charge is 0.220 e. The van der Waals surface area contributed by atoms with Crippen LogP contribution in [-0.4, -0.2) is 11.4 Å². The molecule has 0 spiro atoms. The van der Waals surface area contributed by atoms with Gasteiger partial charge in [0, 0.05) is 12.0 Å². The van der Waals surface area contributed by atoms with Crippen molar-refractivity contribution in [3.63, 3.8) is 0 Å². The van der Waals surface area contributed by atoms with Crippen LogP contribution in [0.5, 0.6) is 0 Å². The van der Waals surface area contributed by atoms with Crippen LogP contribution < -0.4 is 5.32 Å². The third kappa shape index (κ3) is 6.69. The zero-order valence-electron chi connectivity index (χ0n) is 13.2. The molecule has 20 heavy (non-hydrogen) atoms. The lowest BCUT2D eigenvalue weighted by Crippen LogP contribution is -2.45. The van der Waals surface area contributed by atoms with Crippen molar-refractivity contribution in [1.82, 2.24) is 5.32 Å². The minimum Gasteiger partial charge on any atom is -0.351 e. The van der Waals surface area contributed by atoms with E-state index in [9.17, 15) is 9.18 Å². The Morgan fingerprint density at radius 2 is 1.85 bits per heavy atom. The first-order chi connectivity index (χ1) is 9.07. The fraction of sp³-hybridized carbons (Fsp3) is 0.588. The van der Waals surface area contributed by atoms with Gasteiger partial charge in [0.2, 0.25) is 5.91 Å². The number of amides is 1. The summed E-state index contributed by atoms with van der Waals surface area (Å²) in [5.41, 5.74) is 0.796. The first-order valence-electron chi connectivity index (χ1n) is 7.13. The molecular weight excluding hydrogens is 253 g/mol. The minimum atomic E-state index is -0.254. The van der Waals surface area contributed by atoms with Gasteiger partial charge in [-0.2, -0.15) is 0 Å². The highest BCUT2D eigenvalue weighted by atomic mass is 19.1. The van der Waals surface area contributed by atoms with E-state index in [0.717, 1.165) is 12.0 Å². The van der Waals surface area contributed by atoms with Crippen molar-refractivity contribution in [2.24, 2.45) is 5.41 Å². The zero-order chi connectivity index (χ0) is 15.4. The topological polar surface area (TPSA) is 29.1 Å². The SMILES string of the molecule is CC(C)(C)CC(C)(C)NC(=O)CCc1cccc(F)c1. The van der Waals surface area contributed by atoms with Gasteiger partial charge in [-0.25, -0.2) is 4.39 Å². The molecule has 2 nitrogen and oxygen atoms in total. The lowest BCUT2D eigenvalue weighted by atomic mass is 9.81. The molecular formula is C17H26FNO. The summed E-state index contributed by atoms with van der Waals surface area (Å²) >= 11 is 0. The lowest BCUT2D eigenvalue weighted by Gasteiger charge is -2.33. The highest BCUT2D eigenvalue weighted by Crippen LogP contribution is 2.26. The quantitative estimate of drug-likeness (QED) is 0.864. The molecule has 0 atom stereocenters. The molecule has 0 saturated carbocycles. The summed E-state index contributed by atoms with van der Waals surface area (Å²) in [5.74, 6) is -0.237. The first kappa shape index (κ1) is 16.7. The van der Waals surface area contributed by atoms with E-state index < -0.39 is 0 Å². The lowest BCUT2D eigenvalue weighted by molar-refractivity contribution is -0.122. The molecule has 0 unspecified atom stereocenters. The third-order valence-corrected chi connectivity index (χ3v) is 2.98. The van der Waals surface area contributed by atoms with E-state index in [4.69, 9.17) is 0 Å². The average molecular weight is 279 g/mol. The maximum Gasteiger partial charge on any atom is 0.220 e. The highest BCUT2D eigenvalue weighted by Gasteiger charge is 2.26. The second-order valence-corrected chi connectivity index (χ2v) is 7.30. The van der Waals surface area contributed by atoms with Gasteiger partial charge in [0.1, 0.15) is 5.82 Å². The number of carbonyl (C=O) groups excluding carboxylic acids is 1. The van der Waals surface area contributed by atoms with Gasteiger partial charge < -0.3 is 5.32 Å². The fourth-order valence-corrected chi connectivity index (χ4v) is 2.76. The maximum atomic E-state index is 13.0. The number of nitrogens with one attached hydrogen (secondary N) is 1. The van der Waals surface area contributed by atoms with E-state index in [1.807, 2.05) is 19.9 Å². The number of rotatable bonds is 5. The monoisotopic (exact) mass is 279 g/mol. The molecule has 0 aliphatic carbocycles. The van der Waals surface area contributed by atoms with Crippen LogP contribution in [0.15, 0.2) is 24.3 Å². The van der Waals surface area contributed by atoms with Crippen molar-refractivity contribution < 1.29 is 9.18 Å². The molecule has 1 aromatic rings. The van der Waals surface area contributed by atoms with E-state index in [1.165, 1.54) is 12.1 Å². The summed E-state index contributed by atoms with van der Waals surface area (Å²) in [5, 5.41) is 3.06. The summed E-state index contributed by atoms with van der Waals surface area (Å²) in [4.78, 5) is 12.0. The molecule has 0 aliphatic heterocycles. The van der Waals surface area contributed by atoms with Gasteiger partial charge >= 0.3 is 0 Å². The summed E-state index contributed by atoms with van der Waals surface area (Å²) in [6.45, 7) is 10.6. The Labute approximate surface area is 121 Å². The summed E-state index contributed by atoms with van der Waals surface area (Å²) < 4.78 is 13.0. The molecule has 1 aromatic carbocycles. The predicted octanol–water partition coefficient (Wildman–Crippen LogP) is 4.09. The summed E-state index contributed by atoms with van der Waals surface area (Å²) in [6, 6.07) is 6.41. The molecule has 1 amide bonds. The minimum absolute atomic E-state index is 0.0171. The van der Waals surface area contributed by atoms with Crippen molar-refractivity contribution in [3.05, 3.63) is 35.6 Å². The van der Waals surface area contributed by atoms with Crippen molar-refractivity contribution in [3.8, 4) is 0 Å². The van der Waals surface area contributed by atoms with Gasteiger partial charge in [-0.3, -0.25) is 4.79 Å². The number of hydrogen-bond donors (Lipinski definition) is 1. The zero-order valence-corrected chi connectivity index (χ0v) is 13.2. The van der Waals surface area contributed by atoms with E-state index >= 15 is 0 Å². The Morgan fingerprint density at radius 3 is 2.40 bits per heavy atom. The van der Waals surface area contributed by atoms with Crippen LogP contribution in [0.3, 0.4) is 0 Å². The number of benzene rings is 1. The van der Waals surface area contributed by atoms with Crippen LogP contribution in [0.2, 0.25) is 0 Å². The third-order valence-electron chi connectivity index (χ3n) is 2.98. The van der Waals surface area contributed by atoms with Crippen LogP contribution in [0.25, 0.3) is 0 Å². The number of halogens is 1. The molecule has 0 radical (unpaired) electrons. The van der Waals surface area contributed by atoms with Gasteiger partial charge in [0.05, 0.1) is 0 Å². The maximum absolute atomic E-state index is 13.0. The molecule has 1 rings (SSSR count). The average Bonchev–Trinajstić information content (AvgIpc) is 2.22. The standard InChI is InChI=1S/C17H26FNO/c1-16(2,3)12-17(4,5)19-15(20)10-9-13-7-6-8-14(18)11-13/h6-8,11H,9-10,12H2,1-5H3,(H,19,20). The van der Waals surface area contributed by atoms with E-state index in [2.05, 4.69) is 26.1 Å². The second-order valence-electron chi connectivity index (χ2n) is 7.30. The molecule has 0 heterocycles. The molecule has 0 fully saturated rings. The van der Waals surface area contributed by atoms with Crippen molar-refractivity contribution in [1.29, 1.82) is 0 Å². The van der Waals surface area contributed by atoms with Crippen LogP contribution in [-0.2, 0) is 11.2 Å². The van der Waals surface area contributed by atoms with Crippen LogP contribution in [0, 0.1) is 11.2 Å².